The molecule has 0 aliphatic carbocycles. The predicted molar refractivity (Wildman–Crippen MR) is 104 cm³/mol. The maximum atomic E-state index is 10.6. The van der Waals surface area contributed by atoms with Crippen LogP contribution in [0.4, 0.5) is 0 Å². The zero-order valence-corrected chi connectivity index (χ0v) is 16.0. The van der Waals surface area contributed by atoms with Gasteiger partial charge in [-0.3, -0.25) is 0 Å². The van der Waals surface area contributed by atoms with E-state index in [0.29, 0.717) is 11.7 Å². The minimum Gasteiger partial charge on any atom is -0.497 e. The summed E-state index contributed by atoms with van der Waals surface area (Å²) in [5, 5.41) is 17.1. The molecule has 2 aromatic rings. The highest BCUT2D eigenvalue weighted by Crippen LogP contribution is 2.23. The summed E-state index contributed by atoms with van der Waals surface area (Å²) in [7, 11) is 1.66. The Kier molecular flexibility index (Phi) is 7.09. The lowest BCUT2D eigenvalue weighted by molar-refractivity contribution is 0.0428. The van der Waals surface area contributed by atoms with Crippen molar-refractivity contribution < 1.29 is 14.3 Å². The topological polar surface area (TPSA) is 79.0 Å². The van der Waals surface area contributed by atoms with Crippen LogP contribution in [0.15, 0.2) is 45.8 Å². The molecule has 1 heterocycles. The zero-order valence-electron chi connectivity index (χ0n) is 16.0. The molecular weight excluding hydrogens is 330 g/mol. The minimum absolute atomic E-state index is 0.206. The highest BCUT2D eigenvalue weighted by atomic mass is 16.5. The second kappa shape index (κ2) is 9.29. The molecule has 0 fully saturated rings. The zero-order chi connectivity index (χ0) is 19.0. The van der Waals surface area contributed by atoms with Gasteiger partial charge in [-0.2, -0.15) is 0 Å². The van der Waals surface area contributed by atoms with Crippen molar-refractivity contribution in [2.24, 2.45) is 4.99 Å². The van der Waals surface area contributed by atoms with Crippen LogP contribution in [0.1, 0.15) is 30.9 Å². The van der Waals surface area contributed by atoms with Gasteiger partial charge in [0.05, 0.1) is 13.7 Å². The molecule has 0 amide bonds. The van der Waals surface area contributed by atoms with Gasteiger partial charge in [0.15, 0.2) is 5.96 Å². The number of aryl methyl sites for hydroxylation is 1. The molecule has 1 unspecified atom stereocenters. The van der Waals surface area contributed by atoms with Gasteiger partial charge in [-0.25, -0.2) is 4.99 Å². The first kappa shape index (κ1) is 19.8. The Labute approximate surface area is 155 Å². The molecule has 1 atom stereocenters. The van der Waals surface area contributed by atoms with Crippen LogP contribution in [0.25, 0.3) is 0 Å². The van der Waals surface area contributed by atoms with Gasteiger partial charge in [-0.05, 0) is 57.0 Å². The molecule has 6 heteroatoms. The van der Waals surface area contributed by atoms with Crippen molar-refractivity contribution in [2.45, 2.75) is 32.8 Å². The number of ether oxygens (including phenoxy) is 1. The maximum Gasteiger partial charge on any atom is 0.191 e. The van der Waals surface area contributed by atoms with Crippen LogP contribution in [0.2, 0.25) is 0 Å². The molecule has 1 aromatic heterocycles. The third kappa shape index (κ3) is 5.81. The van der Waals surface area contributed by atoms with E-state index in [9.17, 15) is 5.11 Å². The van der Waals surface area contributed by atoms with Gasteiger partial charge >= 0.3 is 0 Å². The molecule has 1 aromatic carbocycles. The molecule has 0 spiro atoms. The first-order chi connectivity index (χ1) is 12.4. The summed E-state index contributed by atoms with van der Waals surface area (Å²) in [6.07, 6.45) is 0.863. The van der Waals surface area contributed by atoms with E-state index in [4.69, 9.17) is 9.15 Å². The summed E-state index contributed by atoms with van der Waals surface area (Å²) in [5.74, 6) is 2.82. The number of benzene rings is 1. The Morgan fingerprint density at radius 2 is 1.92 bits per heavy atom. The second-order valence-electron chi connectivity index (χ2n) is 6.40. The van der Waals surface area contributed by atoms with E-state index in [1.54, 1.807) is 20.1 Å². The highest BCUT2D eigenvalue weighted by molar-refractivity contribution is 5.79. The van der Waals surface area contributed by atoms with E-state index in [2.05, 4.69) is 27.8 Å². The average Bonchev–Trinajstić information content (AvgIpc) is 3.08. The number of nitrogens with one attached hydrogen (secondary N) is 2. The first-order valence-corrected chi connectivity index (χ1v) is 8.89. The fraction of sp³-hybridized carbons (Fsp3) is 0.450. The van der Waals surface area contributed by atoms with E-state index < -0.39 is 5.60 Å². The van der Waals surface area contributed by atoms with Gasteiger partial charge in [0.25, 0.3) is 0 Å². The summed E-state index contributed by atoms with van der Waals surface area (Å²) in [6, 6.07) is 11.6. The van der Waals surface area contributed by atoms with Crippen molar-refractivity contribution in [2.75, 3.05) is 26.7 Å². The Morgan fingerprint density at radius 1 is 1.19 bits per heavy atom. The molecule has 0 radical (unpaired) electrons. The fourth-order valence-electron chi connectivity index (χ4n) is 2.49. The molecule has 0 bridgehead atoms. The van der Waals surface area contributed by atoms with E-state index >= 15 is 0 Å². The Morgan fingerprint density at radius 3 is 2.50 bits per heavy atom. The van der Waals surface area contributed by atoms with Crippen LogP contribution in [0.3, 0.4) is 0 Å². The number of hydrogen-bond donors (Lipinski definition) is 3. The van der Waals surface area contributed by atoms with Crippen LogP contribution in [-0.2, 0) is 12.0 Å². The number of nitrogens with zero attached hydrogens (tertiary/aromatic N) is 1. The van der Waals surface area contributed by atoms with Gasteiger partial charge in [0.2, 0.25) is 0 Å². The van der Waals surface area contributed by atoms with Gasteiger partial charge in [0.1, 0.15) is 22.9 Å². The number of furan rings is 1. The molecule has 3 N–H and O–H groups in total. The molecule has 0 saturated heterocycles. The monoisotopic (exact) mass is 359 g/mol. The number of rotatable bonds is 8. The van der Waals surface area contributed by atoms with Crippen molar-refractivity contribution in [3.63, 3.8) is 0 Å². The molecule has 0 aliphatic rings. The lowest BCUT2D eigenvalue weighted by Crippen LogP contribution is -2.39. The van der Waals surface area contributed by atoms with E-state index in [-0.39, 0.29) is 6.54 Å². The number of aliphatic imine (C=N–C) groups is 1. The van der Waals surface area contributed by atoms with E-state index in [1.165, 1.54) is 5.56 Å². The largest absolute Gasteiger partial charge is 0.497 e. The summed E-state index contributed by atoms with van der Waals surface area (Å²) < 4.78 is 10.7. The van der Waals surface area contributed by atoms with Crippen molar-refractivity contribution >= 4 is 5.96 Å². The quantitative estimate of drug-likeness (QED) is 0.499. The standard InChI is InChI=1S/C20H29N3O3/c1-5-21-19(22-13-12-16-7-9-17(25-4)10-8-16)23-14-20(3,24)18-11-6-15(2)26-18/h6-11,24H,5,12-14H2,1-4H3,(H2,21,22,23). The van der Waals surface area contributed by atoms with Gasteiger partial charge in [-0.1, -0.05) is 12.1 Å². The van der Waals surface area contributed by atoms with Crippen LogP contribution in [0.5, 0.6) is 5.75 Å². The molecule has 0 saturated carbocycles. The Balaban J connectivity index is 1.91. The van der Waals surface area contributed by atoms with Gasteiger partial charge in [0, 0.05) is 13.1 Å². The minimum atomic E-state index is -1.15. The SMILES string of the molecule is CCNC(=NCC(C)(O)c1ccc(C)o1)NCCc1ccc(OC)cc1. The maximum absolute atomic E-state index is 10.6. The van der Waals surface area contributed by atoms with Crippen LogP contribution >= 0.6 is 0 Å². The van der Waals surface area contributed by atoms with Crippen molar-refractivity contribution in [1.29, 1.82) is 0 Å². The Hall–Kier alpha value is -2.47. The number of aliphatic hydroxyl groups is 1. The van der Waals surface area contributed by atoms with Crippen molar-refractivity contribution in [1.82, 2.24) is 10.6 Å². The average molecular weight is 359 g/mol. The molecule has 2 rings (SSSR count). The Bertz CT molecular complexity index is 705. The molecule has 142 valence electrons. The summed E-state index contributed by atoms with van der Waals surface area (Å²) in [4.78, 5) is 4.49. The van der Waals surface area contributed by atoms with E-state index in [1.807, 2.05) is 32.0 Å². The van der Waals surface area contributed by atoms with Crippen LogP contribution in [0, 0.1) is 6.92 Å². The van der Waals surface area contributed by atoms with E-state index in [0.717, 1.165) is 31.0 Å². The summed E-state index contributed by atoms with van der Waals surface area (Å²) in [5.41, 5.74) is 0.0688. The number of guanidine groups is 1. The van der Waals surface area contributed by atoms with Crippen molar-refractivity contribution in [3.05, 3.63) is 53.5 Å². The summed E-state index contributed by atoms with van der Waals surface area (Å²) in [6.45, 7) is 7.26. The lowest BCUT2D eigenvalue weighted by atomic mass is 10.0. The third-order valence-corrected chi connectivity index (χ3v) is 4.03. The summed E-state index contributed by atoms with van der Waals surface area (Å²) >= 11 is 0. The predicted octanol–water partition coefficient (Wildman–Crippen LogP) is 2.60. The van der Waals surface area contributed by atoms with Gasteiger partial charge < -0.3 is 24.9 Å². The van der Waals surface area contributed by atoms with Crippen LogP contribution in [-0.4, -0.2) is 37.8 Å². The van der Waals surface area contributed by atoms with Crippen LogP contribution < -0.4 is 15.4 Å². The number of hydrogen-bond acceptors (Lipinski definition) is 4. The molecule has 0 aliphatic heterocycles. The smallest absolute Gasteiger partial charge is 0.191 e. The lowest BCUT2D eigenvalue weighted by Gasteiger charge is -2.19. The second-order valence-corrected chi connectivity index (χ2v) is 6.40. The van der Waals surface area contributed by atoms with Crippen molar-refractivity contribution in [3.8, 4) is 5.75 Å². The third-order valence-electron chi connectivity index (χ3n) is 4.03. The molecule has 26 heavy (non-hydrogen) atoms. The highest BCUT2D eigenvalue weighted by Gasteiger charge is 2.26. The van der Waals surface area contributed by atoms with Gasteiger partial charge in [-0.15, -0.1) is 0 Å². The normalized spacial score (nSPS) is 14.0. The molecule has 6 nitrogen and oxygen atoms in total. The number of methoxy groups -OCH3 is 1. The first-order valence-electron chi connectivity index (χ1n) is 8.89. The fourth-order valence-corrected chi connectivity index (χ4v) is 2.49. The molecular formula is C20H29N3O3.